The Bertz CT molecular complexity index is 210. The molecule has 0 saturated heterocycles. The molecular formula is C13H26N2O2. The minimum Gasteiger partial charge on any atom is -0.338 e. The van der Waals surface area contributed by atoms with Crippen molar-refractivity contribution in [1.82, 2.24) is 10.6 Å². The summed E-state index contributed by atoms with van der Waals surface area (Å²) in [6.45, 7) is 8.23. The van der Waals surface area contributed by atoms with E-state index in [0.29, 0.717) is 0 Å². The largest absolute Gasteiger partial charge is 0.338 e. The molecule has 0 bridgehead atoms. The van der Waals surface area contributed by atoms with Crippen LogP contribution in [0.1, 0.15) is 53.4 Å². The van der Waals surface area contributed by atoms with Gasteiger partial charge in [-0.25, -0.2) is 0 Å². The van der Waals surface area contributed by atoms with Crippen LogP contribution in [0.15, 0.2) is 0 Å². The van der Waals surface area contributed by atoms with Gasteiger partial charge in [-0.05, 0) is 25.7 Å². The molecule has 0 aliphatic rings. The summed E-state index contributed by atoms with van der Waals surface area (Å²) in [6.07, 6.45) is 3.34. The molecule has 17 heavy (non-hydrogen) atoms. The van der Waals surface area contributed by atoms with Gasteiger partial charge in [0.1, 0.15) is 0 Å². The third-order valence-electron chi connectivity index (χ3n) is 3.24. The van der Waals surface area contributed by atoms with Crippen LogP contribution in [0, 0.1) is 11.8 Å². The lowest BCUT2D eigenvalue weighted by atomic mass is 10.0. The maximum absolute atomic E-state index is 11.6. The number of nitrogens with one attached hydrogen (secondary N) is 2. The minimum atomic E-state index is 0.0276. The first kappa shape index (κ1) is 15.9. The molecule has 0 aromatic heterocycles. The molecule has 0 rings (SSSR count). The van der Waals surface area contributed by atoms with E-state index in [1.54, 1.807) is 0 Å². The third-order valence-corrected chi connectivity index (χ3v) is 3.24. The number of carbonyl (C=O) groups is 2. The first-order chi connectivity index (χ1) is 8.10. The van der Waals surface area contributed by atoms with E-state index in [1.807, 2.05) is 27.7 Å². The Morgan fingerprint density at radius 1 is 0.765 bits per heavy atom. The molecule has 0 heterocycles. The fourth-order valence-electron chi connectivity index (χ4n) is 1.83. The van der Waals surface area contributed by atoms with Crippen LogP contribution in [0.4, 0.5) is 0 Å². The van der Waals surface area contributed by atoms with Gasteiger partial charge < -0.3 is 10.6 Å². The summed E-state index contributed by atoms with van der Waals surface area (Å²) in [6, 6.07) is 0. The summed E-state index contributed by atoms with van der Waals surface area (Å²) < 4.78 is 0. The zero-order valence-electron chi connectivity index (χ0n) is 11.5. The molecular weight excluding hydrogens is 216 g/mol. The van der Waals surface area contributed by atoms with Crippen molar-refractivity contribution in [2.24, 2.45) is 11.8 Å². The third kappa shape index (κ3) is 5.71. The molecule has 0 aliphatic carbocycles. The van der Waals surface area contributed by atoms with Crippen LogP contribution in [0.5, 0.6) is 0 Å². The molecule has 0 aromatic rings. The van der Waals surface area contributed by atoms with Gasteiger partial charge in [-0.15, -0.1) is 0 Å². The predicted octanol–water partition coefficient (Wildman–Crippen LogP) is 2.05. The van der Waals surface area contributed by atoms with Crippen molar-refractivity contribution in [1.29, 1.82) is 0 Å². The zero-order chi connectivity index (χ0) is 13.3. The van der Waals surface area contributed by atoms with Crippen molar-refractivity contribution in [3.05, 3.63) is 0 Å². The number of amides is 2. The second-order valence-electron chi connectivity index (χ2n) is 4.29. The van der Waals surface area contributed by atoms with E-state index in [4.69, 9.17) is 0 Å². The molecule has 2 N–H and O–H groups in total. The van der Waals surface area contributed by atoms with Crippen molar-refractivity contribution < 1.29 is 9.59 Å². The molecule has 100 valence electrons. The van der Waals surface area contributed by atoms with Gasteiger partial charge >= 0.3 is 0 Å². The average Bonchev–Trinajstić information content (AvgIpc) is 2.32. The Labute approximate surface area is 105 Å². The maximum Gasteiger partial charge on any atom is 0.224 e. The lowest BCUT2D eigenvalue weighted by Gasteiger charge is -2.15. The highest BCUT2D eigenvalue weighted by Crippen LogP contribution is 2.07. The quantitative estimate of drug-likeness (QED) is 0.640. The van der Waals surface area contributed by atoms with Crippen LogP contribution in [-0.2, 0) is 9.59 Å². The van der Waals surface area contributed by atoms with Crippen LogP contribution in [0.25, 0.3) is 0 Å². The Balaban J connectivity index is 3.90. The summed E-state index contributed by atoms with van der Waals surface area (Å²) >= 11 is 0. The normalized spacial score (nSPS) is 10.7. The van der Waals surface area contributed by atoms with Gasteiger partial charge in [0, 0.05) is 11.8 Å². The second-order valence-corrected chi connectivity index (χ2v) is 4.29. The average molecular weight is 242 g/mol. The summed E-state index contributed by atoms with van der Waals surface area (Å²) in [4.78, 5) is 23.3. The van der Waals surface area contributed by atoms with Crippen molar-refractivity contribution in [2.45, 2.75) is 53.4 Å². The van der Waals surface area contributed by atoms with Crippen molar-refractivity contribution >= 4 is 11.8 Å². The molecule has 0 saturated carbocycles. The van der Waals surface area contributed by atoms with Gasteiger partial charge in [0.05, 0.1) is 6.67 Å². The SMILES string of the molecule is CCC(CC)C(=O)NCNC(=O)C(CC)CC. The zero-order valence-corrected chi connectivity index (χ0v) is 11.5. The fourth-order valence-corrected chi connectivity index (χ4v) is 1.83. The number of hydrogen-bond acceptors (Lipinski definition) is 2. The van der Waals surface area contributed by atoms with Gasteiger partial charge in [-0.1, -0.05) is 27.7 Å². The van der Waals surface area contributed by atoms with Gasteiger partial charge in [0.15, 0.2) is 0 Å². The van der Waals surface area contributed by atoms with E-state index < -0.39 is 0 Å². The van der Waals surface area contributed by atoms with E-state index in [1.165, 1.54) is 0 Å². The first-order valence-electron chi connectivity index (χ1n) is 6.65. The van der Waals surface area contributed by atoms with Crippen molar-refractivity contribution in [3.63, 3.8) is 0 Å². The van der Waals surface area contributed by atoms with Gasteiger partial charge in [-0.2, -0.15) is 0 Å². The molecule has 0 unspecified atom stereocenters. The molecule has 0 radical (unpaired) electrons. The maximum atomic E-state index is 11.6. The fraction of sp³-hybridized carbons (Fsp3) is 0.846. The Morgan fingerprint density at radius 3 is 1.29 bits per heavy atom. The highest BCUT2D eigenvalue weighted by molar-refractivity contribution is 5.81. The monoisotopic (exact) mass is 242 g/mol. The minimum absolute atomic E-state index is 0.0276. The Hall–Kier alpha value is -1.06. The number of rotatable bonds is 8. The van der Waals surface area contributed by atoms with Gasteiger partial charge in [0.2, 0.25) is 11.8 Å². The lowest BCUT2D eigenvalue weighted by Crippen LogP contribution is -2.41. The number of hydrogen-bond donors (Lipinski definition) is 2. The van der Waals surface area contributed by atoms with Crippen LogP contribution >= 0.6 is 0 Å². The Morgan fingerprint density at radius 2 is 1.06 bits per heavy atom. The molecule has 4 heteroatoms. The van der Waals surface area contributed by atoms with Gasteiger partial charge in [-0.3, -0.25) is 9.59 Å². The molecule has 0 atom stereocenters. The summed E-state index contributed by atoms with van der Waals surface area (Å²) in [5.74, 6) is 0.166. The van der Waals surface area contributed by atoms with Crippen LogP contribution in [-0.4, -0.2) is 18.5 Å². The summed E-state index contributed by atoms with van der Waals surface area (Å²) in [7, 11) is 0. The highest BCUT2D eigenvalue weighted by Gasteiger charge is 2.15. The first-order valence-corrected chi connectivity index (χ1v) is 6.65. The second kappa shape index (κ2) is 9.02. The van der Waals surface area contributed by atoms with E-state index in [9.17, 15) is 9.59 Å². The summed E-state index contributed by atoms with van der Waals surface area (Å²) in [5.41, 5.74) is 0. The highest BCUT2D eigenvalue weighted by atomic mass is 16.2. The smallest absolute Gasteiger partial charge is 0.224 e. The lowest BCUT2D eigenvalue weighted by molar-refractivity contribution is -0.127. The topological polar surface area (TPSA) is 58.2 Å². The van der Waals surface area contributed by atoms with E-state index in [2.05, 4.69) is 10.6 Å². The Kier molecular flexibility index (Phi) is 8.46. The molecule has 4 nitrogen and oxygen atoms in total. The molecule has 0 fully saturated rings. The van der Waals surface area contributed by atoms with E-state index >= 15 is 0 Å². The van der Waals surface area contributed by atoms with E-state index in [-0.39, 0.29) is 30.3 Å². The standard InChI is InChI=1S/C13H26N2O2/c1-5-10(6-2)12(16)14-9-15-13(17)11(7-3)8-4/h10-11H,5-9H2,1-4H3,(H,14,16)(H,15,17). The number of carbonyl (C=O) groups excluding carboxylic acids is 2. The molecule has 2 amide bonds. The van der Waals surface area contributed by atoms with E-state index in [0.717, 1.165) is 25.7 Å². The molecule has 0 spiro atoms. The van der Waals surface area contributed by atoms with Crippen LogP contribution in [0.2, 0.25) is 0 Å². The van der Waals surface area contributed by atoms with Crippen molar-refractivity contribution in [3.8, 4) is 0 Å². The molecule has 0 aliphatic heterocycles. The van der Waals surface area contributed by atoms with Gasteiger partial charge in [0.25, 0.3) is 0 Å². The van der Waals surface area contributed by atoms with Crippen LogP contribution in [0.3, 0.4) is 0 Å². The predicted molar refractivity (Wildman–Crippen MR) is 69.3 cm³/mol. The van der Waals surface area contributed by atoms with Crippen LogP contribution < -0.4 is 10.6 Å². The van der Waals surface area contributed by atoms with Crippen molar-refractivity contribution in [2.75, 3.05) is 6.67 Å². The molecule has 0 aromatic carbocycles. The summed E-state index contributed by atoms with van der Waals surface area (Å²) in [5, 5.41) is 5.50.